The smallest absolute Gasteiger partial charge is 0.222 e. The number of benzene rings is 1. The predicted octanol–water partition coefficient (Wildman–Crippen LogP) is 1.93. The van der Waals surface area contributed by atoms with Crippen LogP contribution in [0.2, 0.25) is 5.02 Å². The van der Waals surface area contributed by atoms with E-state index in [0.717, 1.165) is 5.56 Å². The Hall–Kier alpha value is -2.67. The van der Waals surface area contributed by atoms with E-state index in [9.17, 15) is 9.59 Å². The molecule has 2 aromatic rings. The minimum Gasteiger partial charge on any atom is -0.354 e. The number of amides is 2. The van der Waals surface area contributed by atoms with Gasteiger partial charge in [0.05, 0.1) is 12.5 Å². The van der Waals surface area contributed by atoms with Gasteiger partial charge in [-0.25, -0.2) is 9.97 Å². The average molecular weight is 362 g/mol. The van der Waals surface area contributed by atoms with Gasteiger partial charge in [-0.15, -0.1) is 0 Å². The Bertz CT molecular complexity index is 694. The quantitative estimate of drug-likeness (QED) is 0.624. The maximum absolute atomic E-state index is 12.1. The lowest BCUT2D eigenvalue weighted by molar-refractivity contribution is -0.122. The monoisotopic (exact) mass is 361 g/mol. The standard InChI is InChI=1S/C17H20ClN5O2/c1-12(24)23-15(13-3-5-14(18)6-4-13)11-16(25)19-9-10-22-17-20-7-2-8-21-17/h2-8,15H,9-11H2,1H3,(H,19,25)(H,23,24)(H,20,21,22). The Kier molecular flexibility index (Phi) is 7.16. The van der Waals surface area contributed by atoms with Crippen LogP contribution in [0.1, 0.15) is 24.9 Å². The topological polar surface area (TPSA) is 96.0 Å². The number of anilines is 1. The van der Waals surface area contributed by atoms with Gasteiger partial charge in [-0.05, 0) is 23.8 Å². The van der Waals surface area contributed by atoms with E-state index in [2.05, 4.69) is 25.9 Å². The molecule has 1 aromatic carbocycles. The minimum atomic E-state index is -0.403. The van der Waals surface area contributed by atoms with Gasteiger partial charge in [0.15, 0.2) is 0 Å². The summed E-state index contributed by atoms with van der Waals surface area (Å²) in [6.07, 6.45) is 3.42. The van der Waals surface area contributed by atoms with Gasteiger partial charge < -0.3 is 16.0 Å². The molecule has 0 aliphatic heterocycles. The molecule has 2 rings (SSSR count). The fraction of sp³-hybridized carbons (Fsp3) is 0.294. The first-order valence-corrected chi connectivity index (χ1v) is 8.22. The molecule has 1 aromatic heterocycles. The van der Waals surface area contributed by atoms with Crippen molar-refractivity contribution >= 4 is 29.4 Å². The van der Waals surface area contributed by atoms with Gasteiger partial charge in [-0.2, -0.15) is 0 Å². The van der Waals surface area contributed by atoms with Crippen LogP contribution < -0.4 is 16.0 Å². The summed E-state index contributed by atoms with van der Waals surface area (Å²) in [5, 5.41) is 9.19. The molecule has 25 heavy (non-hydrogen) atoms. The van der Waals surface area contributed by atoms with Crippen molar-refractivity contribution < 1.29 is 9.59 Å². The summed E-state index contributed by atoms with van der Waals surface area (Å²) in [6, 6.07) is 8.38. The molecule has 7 nitrogen and oxygen atoms in total. The molecule has 0 aliphatic carbocycles. The molecule has 0 spiro atoms. The second-order valence-electron chi connectivity index (χ2n) is 5.36. The second-order valence-corrected chi connectivity index (χ2v) is 5.79. The molecule has 0 saturated heterocycles. The number of hydrogen-bond acceptors (Lipinski definition) is 5. The molecule has 8 heteroatoms. The fourth-order valence-corrected chi connectivity index (χ4v) is 2.34. The van der Waals surface area contributed by atoms with E-state index in [1.165, 1.54) is 6.92 Å². The van der Waals surface area contributed by atoms with Crippen LogP contribution in [0.3, 0.4) is 0 Å². The van der Waals surface area contributed by atoms with Gasteiger partial charge >= 0.3 is 0 Å². The van der Waals surface area contributed by atoms with Crippen molar-refractivity contribution in [1.82, 2.24) is 20.6 Å². The van der Waals surface area contributed by atoms with E-state index in [0.29, 0.717) is 24.1 Å². The third-order valence-corrected chi connectivity index (χ3v) is 3.59. The van der Waals surface area contributed by atoms with E-state index in [4.69, 9.17) is 11.6 Å². The molecule has 1 unspecified atom stereocenters. The number of nitrogens with one attached hydrogen (secondary N) is 3. The van der Waals surface area contributed by atoms with Crippen molar-refractivity contribution in [2.75, 3.05) is 18.4 Å². The van der Waals surface area contributed by atoms with Crippen LogP contribution >= 0.6 is 11.6 Å². The molecule has 0 radical (unpaired) electrons. The molecule has 0 aliphatic rings. The normalized spacial score (nSPS) is 11.4. The maximum Gasteiger partial charge on any atom is 0.222 e. The summed E-state index contributed by atoms with van der Waals surface area (Å²) in [6.45, 7) is 2.34. The molecule has 1 atom stereocenters. The summed E-state index contributed by atoms with van der Waals surface area (Å²) in [5.74, 6) is 0.147. The first kappa shape index (κ1) is 18.7. The highest BCUT2D eigenvalue weighted by molar-refractivity contribution is 6.30. The third-order valence-electron chi connectivity index (χ3n) is 3.34. The Morgan fingerprint density at radius 3 is 2.44 bits per heavy atom. The SMILES string of the molecule is CC(=O)NC(CC(=O)NCCNc1ncccn1)c1ccc(Cl)cc1. The molecule has 3 N–H and O–H groups in total. The van der Waals surface area contributed by atoms with E-state index in [1.54, 1.807) is 42.7 Å². The molecule has 1 heterocycles. The Balaban J connectivity index is 1.82. The molecule has 0 bridgehead atoms. The number of nitrogens with zero attached hydrogens (tertiary/aromatic N) is 2. The van der Waals surface area contributed by atoms with Crippen LogP contribution in [-0.4, -0.2) is 34.9 Å². The summed E-state index contributed by atoms with van der Waals surface area (Å²) >= 11 is 5.88. The van der Waals surface area contributed by atoms with Gasteiger partial charge in [-0.1, -0.05) is 23.7 Å². The molecular weight excluding hydrogens is 342 g/mol. The Morgan fingerprint density at radius 2 is 1.80 bits per heavy atom. The second kappa shape index (κ2) is 9.58. The Morgan fingerprint density at radius 1 is 1.12 bits per heavy atom. The summed E-state index contributed by atoms with van der Waals surface area (Å²) in [4.78, 5) is 31.6. The average Bonchev–Trinajstić information content (AvgIpc) is 2.59. The van der Waals surface area contributed by atoms with Crippen molar-refractivity contribution in [3.8, 4) is 0 Å². The van der Waals surface area contributed by atoms with Gasteiger partial charge in [0.2, 0.25) is 17.8 Å². The molecule has 0 fully saturated rings. The zero-order valence-electron chi connectivity index (χ0n) is 13.8. The van der Waals surface area contributed by atoms with Crippen molar-refractivity contribution in [3.05, 3.63) is 53.3 Å². The maximum atomic E-state index is 12.1. The number of carbonyl (C=O) groups is 2. The highest BCUT2D eigenvalue weighted by Gasteiger charge is 2.16. The highest BCUT2D eigenvalue weighted by Crippen LogP contribution is 2.19. The van der Waals surface area contributed by atoms with Crippen LogP contribution in [0.5, 0.6) is 0 Å². The zero-order valence-corrected chi connectivity index (χ0v) is 14.6. The van der Waals surface area contributed by atoms with Crippen molar-refractivity contribution in [3.63, 3.8) is 0 Å². The molecule has 2 amide bonds. The van der Waals surface area contributed by atoms with Crippen molar-refractivity contribution in [2.45, 2.75) is 19.4 Å². The lowest BCUT2D eigenvalue weighted by Crippen LogP contribution is -2.34. The number of rotatable bonds is 8. The highest BCUT2D eigenvalue weighted by atomic mass is 35.5. The van der Waals surface area contributed by atoms with Gasteiger partial charge in [-0.3, -0.25) is 9.59 Å². The third kappa shape index (κ3) is 6.76. The molecule has 132 valence electrons. The number of carbonyl (C=O) groups excluding carboxylic acids is 2. The van der Waals surface area contributed by atoms with Crippen LogP contribution in [0, 0.1) is 0 Å². The summed E-state index contributed by atoms with van der Waals surface area (Å²) in [5.41, 5.74) is 0.825. The zero-order chi connectivity index (χ0) is 18.1. The lowest BCUT2D eigenvalue weighted by atomic mass is 10.0. The predicted molar refractivity (Wildman–Crippen MR) is 96.2 cm³/mol. The summed E-state index contributed by atoms with van der Waals surface area (Å²) in [7, 11) is 0. The van der Waals surface area contributed by atoms with Gasteiger partial charge in [0.25, 0.3) is 0 Å². The van der Waals surface area contributed by atoms with Crippen molar-refractivity contribution in [1.29, 1.82) is 0 Å². The van der Waals surface area contributed by atoms with Crippen LogP contribution in [0.4, 0.5) is 5.95 Å². The van der Waals surface area contributed by atoms with E-state index in [-0.39, 0.29) is 18.2 Å². The van der Waals surface area contributed by atoms with Gasteiger partial charge in [0.1, 0.15) is 0 Å². The Labute approximate surface area is 151 Å². The first-order chi connectivity index (χ1) is 12.0. The van der Waals surface area contributed by atoms with Crippen LogP contribution in [0.25, 0.3) is 0 Å². The van der Waals surface area contributed by atoms with E-state index >= 15 is 0 Å². The van der Waals surface area contributed by atoms with Crippen molar-refractivity contribution in [2.24, 2.45) is 0 Å². The lowest BCUT2D eigenvalue weighted by Gasteiger charge is -2.18. The molecular formula is C17H20ClN5O2. The van der Waals surface area contributed by atoms with Crippen LogP contribution in [0.15, 0.2) is 42.7 Å². The first-order valence-electron chi connectivity index (χ1n) is 7.85. The van der Waals surface area contributed by atoms with Gasteiger partial charge in [0, 0.05) is 37.4 Å². The summed E-state index contributed by atoms with van der Waals surface area (Å²) < 4.78 is 0. The van der Waals surface area contributed by atoms with E-state index < -0.39 is 6.04 Å². The minimum absolute atomic E-state index is 0.142. The van der Waals surface area contributed by atoms with E-state index in [1.807, 2.05) is 0 Å². The fourth-order valence-electron chi connectivity index (χ4n) is 2.22. The number of aromatic nitrogens is 2. The largest absolute Gasteiger partial charge is 0.354 e. The number of hydrogen-bond donors (Lipinski definition) is 3. The van der Waals surface area contributed by atoms with Crippen LogP contribution in [-0.2, 0) is 9.59 Å². The molecule has 0 saturated carbocycles. The number of halogens is 1.